The van der Waals surface area contributed by atoms with Gasteiger partial charge in [-0.15, -0.1) is 0 Å². The quantitative estimate of drug-likeness (QED) is 0.744. The highest BCUT2D eigenvalue weighted by Crippen LogP contribution is 2.66. The fourth-order valence-corrected chi connectivity index (χ4v) is 3.93. The molecule has 2 saturated carbocycles. The van der Waals surface area contributed by atoms with Crippen LogP contribution in [-0.2, 0) is 0 Å². The average Bonchev–Trinajstić information content (AvgIpc) is 2.52. The van der Waals surface area contributed by atoms with Crippen LogP contribution in [0.3, 0.4) is 0 Å². The molecule has 2 bridgehead atoms. The smallest absolute Gasteiger partial charge is 0.0756 e. The van der Waals surface area contributed by atoms with Crippen molar-refractivity contribution in [2.24, 2.45) is 16.7 Å². The van der Waals surface area contributed by atoms with E-state index >= 15 is 0 Å². The third kappa shape index (κ3) is 1.53. The van der Waals surface area contributed by atoms with Crippen LogP contribution in [0.15, 0.2) is 0 Å². The van der Waals surface area contributed by atoms with Gasteiger partial charge in [0.15, 0.2) is 0 Å². The standard InChI is InChI=1S/C12H23NO.C2H6/c1-11(2)8-6-7-12(11,3)10(14)9(8)13(4)5;1-2/h8-10,14H,6-7H2,1-5H3;1-2H3/t8?,9-,10-,12?;/m1./s1. The molecule has 2 nitrogen and oxygen atoms in total. The van der Waals surface area contributed by atoms with Gasteiger partial charge in [-0.1, -0.05) is 34.6 Å². The Hall–Kier alpha value is -0.0800. The highest BCUT2D eigenvalue weighted by molar-refractivity contribution is 5.16. The number of rotatable bonds is 1. The number of fused-ring (bicyclic) bond motifs is 2. The minimum atomic E-state index is -0.147. The van der Waals surface area contributed by atoms with Crippen LogP contribution in [0.2, 0.25) is 0 Å². The van der Waals surface area contributed by atoms with E-state index in [1.807, 2.05) is 13.8 Å². The molecule has 2 unspecified atom stereocenters. The molecular formula is C14H29NO. The first-order chi connectivity index (χ1) is 7.32. The van der Waals surface area contributed by atoms with Crippen LogP contribution in [-0.4, -0.2) is 36.2 Å². The molecule has 96 valence electrons. The molecule has 0 aromatic heterocycles. The summed E-state index contributed by atoms with van der Waals surface area (Å²) >= 11 is 0. The highest BCUT2D eigenvalue weighted by atomic mass is 16.3. The van der Waals surface area contributed by atoms with Crippen molar-refractivity contribution < 1.29 is 5.11 Å². The van der Waals surface area contributed by atoms with Gasteiger partial charge in [0.2, 0.25) is 0 Å². The number of likely N-dealkylation sites (N-methyl/N-ethyl adjacent to an activating group) is 1. The molecule has 0 spiro atoms. The average molecular weight is 227 g/mol. The van der Waals surface area contributed by atoms with E-state index in [2.05, 4.69) is 39.8 Å². The second-order valence-electron chi connectivity index (χ2n) is 6.18. The van der Waals surface area contributed by atoms with Crippen LogP contribution in [0.1, 0.15) is 47.5 Å². The maximum absolute atomic E-state index is 10.4. The zero-order chi connectivity index (χ0) is 12.7. The van der Waals surface area contributed by atoms with Crippen LogP contribution in [0.25, 0.3) is 0 Å². The Morgan fingerprint density at radius 2 is 1.62 bits per heavy atom. The molecule has 0 radical (unpaired) electrons. The highest BCUT2D eigenvalue weighted by Gasteiger charge is 2.66. The normalized spacial score (nSPS) is 44.4. The van der Waals surface area contributed by atoms with Gasteiger partial charge < -0.3 is 10.0 Å². The molecule has 0 aromatic rings. The van der Waals surface area contributed by atoms with Crippen molar-refractivity contribution in [2.75, 3.05) is 14.1 Å². The topological polar surface area (TPSA) is 23.5 Å². The molecular weight excluding hydrogens is 198 g/mol. The molecule has 2 rings (SSSR count). The summed E-state index contributed by atoms with van der Waals surface area (Å²) in [6.07, 6.45) is 2.32. The molecule has 16 heavy (non-hydrogen) atoms. The summed E-state index contributed by atoms with van der Waals surface area (Å²) in [5.41, 5.74) is 0.425. The van der Waals surface area contributed by atoms with Crippen LogP contribution in [0.4, 0.5) is 0 Å². The molecule has 2 fully saturated rings. The van der Waals surface area contributed by atoms with Crippen molar-refractivity contribution in [3.8, 4) is 0 Å². The Balaban J connectivity index is 0.000000606. The Kier molecular flexibility index (Phi) is 3.76. The Bertz CT molecular complexity index is 249. The van der Waals surface area contributed by atoms with Crippen LogP contribution in [0, 0.1) is 16.7 Å². The van der Waals surface area contributed by atoms with Gasteiger partial charge in [-0.2, -0.15) is 0 Å². The Labute approximate surface area is 101 Å². The van der Waals surface area contributed by atoms with Crippen molar-refractivity contribution in [3.05, 3.63) is 0 Å². The lowest BCUT2D eigenvalue weighted by Gasteiger charge is -2.38. The van der Waals surface area contributed by atoms with Gasteiger partial charge in [-0.25, -0.2) is 0 Å². The number of hydrogen-bond acceptors (Lipinski definition) is 2. The van der Waals surface area contributed by atoms with Gasteiger partial charge in [0.05, 0.1) is 6.10 Å². The number of nitrogens with zero attached hydrogens (tertiary/aromatic N) is 1. The van der Waals surface area contributed by atoms with Crippen LogP contribution in [0.5, 0.6) is 0 Å². The van der Waals surface area contributed by atoms with E-state index < -0.39 is 0 Å². The van der Waals surface area contributed by atoms with E-state index in [9.17, 15) is 5.11 Å². The zero-order valence-electron chi connectivity index (χ0n) is 12.0. The Morgan fingerprint density at radius 3 is 1.88 bits per heavy atom. The monoisotopic (exact) mass is 227 g/mol. The van der Waals surface area contributed by atoms with E-state index in [1.165, 1.54) is 12.8 Å². The third-order valence-electron chi connectivity index (χ3n) is 5.36. The van der Waals surface area contributed by atoms with Crippen molar-refractivity contribution in [1.82, 2.24) is 4.90 Å². The second-order valence-corrected chi connectivity index (χ2v) is 6.18. The molecule has 0 aliphatic heterocycles. The molecule has 2 heteroatoms. The summed E-state index contributed by atoms with van der Waals surface area (Å²) in [6, 6.07) is 0.365. The maximum Gasteiger partial charge on any atom is 0.0756 e. The molecule has 0 amide bonds. The van der Waals surface area contributed by atoms with E-state index in [4.69, 9.17) is 0 Å². The summed E-state index contributed by atoms with van der Waals surface area (Å²) in [7, 11) is 4.18. The molecule has 2 aliphatic carbocycles. The van der Waals surface area contributed by atoms with Gasteiger partial charge in [0.25, 0.3) is 0 Å². The van der Waals surface area contributed by atoms with Gasteiger partial charge in [0.1, 0.15) is 0 Å². The van der Waals surface area contributed by atoms with Crippen molar-refractivity contribution >= 4 is 0 Å². The second kappa shape index (κ2) is 4.30. The van der Waals surface area contributed by atoms with E-state index in [-0.39, 0.29) is 11.5 Å². The van der Waals surface area contributed by atoms with Crippen molar-refractivity contribution in [3.63, 3.8) is 0 Å². The largest absolute Gasteiger partial charge is 0.391 e. The summed E-state index contributed by atoms with van der Waals surface area (Å²) in [4.78, 5) is 2.21. The summed E-state index contributed by atoms with van der Waals surface area (Å²) in [5.74, 6) is 0.664. The lowest BCUT2D eigenvalue weighted by Crippen LogP contribution is -2.46. The molecule has 2 aliphatic rings. The van der Waals surface area contributed by atoms with E-state index in [0.29, 0.717) is 17.4 Å². The summed E-state index contributed by atoms with van der Waals surface area (Å²) in [6.45, 7) is 10.9. The first-order valence-electron chi connectivity index (χ1n) is 6.67. The molecule has 1 N–H and O–H groups in total. The fraction of sp³-hybridized carbons (Fsp3) is 1.00. The summed E-state index contributed by atoms with van der Waals surface area (Å²) in [5, 5.41) is 10.4. The molecule has 4 atom stereocenters. The number of aliphatic hydroxyl groups is 1. The lowest BCUT2D eigenvalue weighted by atomic mass is 9.70. The SMILES string of the molecule is CC.CN(C)[C@@H]1C2CCC(C)([C@@H]1O)C2(C)C. The molecule has 0 heterocycles. The van der Waals surface area contributed by atoms with Crippen molar-refractivity contribution in [2.45, 2.75) is 59.6 Å². The maximum atomic E-state index is 10.4. The van der Waals surface area contributed by atoms with E-state index in [1.54, 1.807) is 0 Å². The van der Waals surface area contributed by atoms with Gasteiger partial charge in [0, 0.05) is 11.5 Å². The molecule has 0 saturated heterocycles. The molecule has 0 aromatic carbocycles. The predicted octanol–water partition coefficient (Wildman–Crippen LogP) is 2.76. The van der Waals surface area contributed by atoms with Crippen LogP contribution < -0.4 is 0 Å². The number of hydrogen-bond donors (Lipinski definition) is 1. The minimum Gasteiger partial charge on any atom is -0.391 e. The van der Waals surface area contributed by atoms with Gasteiger partial charge >= 0.3 is 0 Å². The first kappa shape index (κ1) is 14.0. The zero-order valence-corrected chi connectivity index (χ0v) is 12.0. The van der Waals surface area contributed by atoms with Gasteiger partial charge in [-0.05, 0) is 38.3 Å². The predicted molar refractivity (Wildman–Crippen MR) is 69.4 cm³/mol. The van der Waals surface area contributed by atoms with Crippen LogP contribution >= 0.6 is 0 Å². The lowest BCUT2D eigenvalue weighted by molar-refractivity contribution is -0.0195. The minimum absolute atomic E-state index is 0.132. The van der Waals surface area contributed by atoms with Crippen molar-refractivity contribution in [1.29, 1.82) is 0 Å². The van der Waals surface area contributed by atoms with E-state index in [0.717, 1.165) is 0 Å². The third-order valence-corrected chi connectivity index (χ3v) is 5.36. The fourth-order valence-electron chi connectivity index (χ4n) is 3.93. The number of aliphatic hydroxyl groups excluding tert-OH is 1. The summed E-state index contributed by atoms with van der Waals surface area (Å²) < 4.78 is 0. The van der Waals surface area contributed by atoms with Gasteiger partial charge in [-0.3, -0.25) is 0 Å². The Morgan fingerprint density at radius 1 is 1.12 bits per heavy atom. The first-order valence-corrected chi connectivity index (χ1v) is 6.67.